The number of aromatic nitrogens is 2. The van der Waals surface area contributed by atoms with E-state index in [-0.39, 0.29) is 5.69 Å². The van der Waals surface area contributed by atoms with Gasteiger partial charge in [-0.25, -0.2) is 9.48 Å². The molecule has 0 bridgehead atoms. The highest BCUT2D eigenvalue weighted by molar-refractivity contribution is 5.86. The standard InChI is InChI=1S/C13H14N2O2/c1-9(2)10-3-5-11(6-4-10)15-12(13(16)17)7-8-14-15/h3-9H,1-2H3,(H,16,17). The van der Waals surface area contributed by atoms with Crippen LogP contribution in [-0.4, -0.2) is 20.9 Å². The first-order valence-electron chi connectivity index (χ1n) is 5.47. The van der Waals surface area contributed by atoms with Gasteiger partial charge in [0.15, 0.2) is 5.69 Å². The Kier molecular flexibility index (Phi) is 2.95. The molecule has 0 aliphatic heterocycles. The first-order chi connectivity index (χ1) is 8.09. The molecule has 0 aliphatic carbocycles. The van der Waals surface area contributed by atoms with E-state index in [2.05, 4.69) is 18.9 Å². The largest absolute Gasteiger partial charge is 0.477 e. The molecule has 1 heterocycles. The van der Waals surface area contributed by atoms with Crippen molar-refractivity contribution in [3.63, 3.8) is 0 Å². The highest BCUT2D eigenvalue weighted by Crippen LogP contribution is 2.17. The summed E-state index contributed by atoms with van der Waals surface area (Å²) >= 11 is 0. The zero-order valence-corrected chi connectivity index (χ0v) is 9.79. The van der Waals surface area contributed by atoms with Crippen LogP contribution in [0.5, 0.6) is 0 Å². The van der Waals surface area contributed by atoms with E-state index in [0.717, 1.165) is 5.69 Å². The van der Waals surface area contributed by atoms with Crippen LogP contribution in [0.15, 0.2) is 36.5 Å². The number of hydrogen-bond donors (Lipinski definition) is 1. The van der Waals surface area contributed by atoms with Crippen LogP contribution in [0.1, 0.15) is 35.8 Å². The zero-order valence-electron chi connectivity index (χ0n) is 9.79. The van der Waals surface area contributed by atoms with E-state index in [1.54, 1.807) is 0 Å². The number of hydrogen-bond acceptors (Lipinski definition) is 2. The molecule has 2 aromatic rings. The maximum Gasteiger partial charge on any atom is 0.354 e. The molecule has 1 aromatic heterocycles. The number of carbonyl (C=O) groups is 1. The summed E-state index contributed by atoms with van der Waals surface area (Å²) in [4.78, 5) is 11.0. The minimum absolute atomic E-state index is 0.169. The van der Waals surface area contributed by atoms with E-state index in [9.17, 15) is 4.79 Å². The van der Waals surface area contributed by atoms with Crippen LogP contribution in [0.4, 0.5) is 0 Å². The van der Waals surface area contributed by atoms with Gasteiger partial charge in [0.1, 0.15) is 0 Å². The summed E-state index contributed by atoms with van der Waals surface area (Å²) in [5, 5.41) is 13.0. The molecule has 1 N–H and O–H groups in total. The zero-order chi connectivity index (χ0) is 12.4. The minimum Gasteiger partial charge on any atom is -0.477 e. The van der Waals surface area contributed by atoms with Crippen molar-refractivity contribution in [1.82, 2.24) is 9.78 Å². The lowest BCUT2D eigenvalue weighted by atomic mass is 10.0. The summed E-state index contributed by atoms with van der Waals surface area (Å²) in [7, 11) is 0. The number of carboxylic acid groups (broad SMARTS) is 1. The summed E-state index contributed by atoms with van der Waals surface area (Å²) in [6.07, 6.45) is 1.49. The summed E-state index contributed by atoms with van der Waals surface area (Å²) in [6.45, 7) is 4.23. The van der Waals surface area contributed by atoms with Crippen LogP contribution >= 0.6 is 0 Å². The molecule has 0 unspecified atom stereocenters. The molecule has 0 radical (unpaired) electrons. The number of rotatable bonds is 3. The van der Waals surface area contributed by atoms with Crippen LogP contribution in [0, 0.1) is 0 Å². The van der Waals surface area contributed by atoms with Gasteiger partial charge in [-0.05, 0) is 29.7 Å². The Bertz CT molecular complexity index is 527. The Morgan fingerprint density at radius 1 is 1.24 bits per heavy atom. The van der Waals surface area contributed by atoms with Gasteiger partial charge in [-0.15, -0.1) is 0 Å². The fourth-order valence-electron chi connectivity index (χ4n) is 1.67. The molecule has 0 spiro atoms. The van der Waals surface area contributed by atoms with Crippen LogP contribution < -0.4 is 0 Å². The second kappa shape index (κ2) is 4.41. The lowest BCUT2D eigenvalue weighted by molar-refractivity contribution is 0.0687. The van der Waals surface area contributed by atoms with Crippen molar-refractivity contribution in [3.8, 4) is 5.69 Å². The van der Waals surface area contributed by atoms with Crippen LogP contribution in [0.25, 0.3) is 5.69 Å². The average molecular weight is 230 g/mol. The van der Waals surface area contributed by atoms with Gasteiger partial charge in [0.25, 0.3) is 0 Å². The van der Waals surface area contributed by atoms with Gasteiger partial charge in [-0.1, -0.05) is 26.0 Å². The van der Waals surface area contributed by atoms with Gasteiger partial charge < -0.3 is 5.11 Å². The third-order valence-corrected chi connectivity index (χ3v) is 2.67. The third-order valence-electron chi connectivity index (χ3n) is 2.67. The van der Waals surface area contributed by atoms with Crippen molar-refractivity contribution in [2.45, 2.75) is 19.8 Å². The SMILES string of the molecule is CC(C)c1ccc(-n2nccc2C(=O)O)cc1. The van der Waals surface area contributed by atoms with Gasteiger partial charge in [0, 0.05) is 0 Å². The predicted molar refractivity (Wildman–Crippen MR) is 64.6 cm³/mol. The Morgan fingerprint density at radius 2 is 1.88 bits per heavy atom. The second-order valence-electron chi connectivity index (χ2n) is 4.18. The normalized spacial score (nSPS) is 10.8. The van der Waals surface area contributed by atoms with Crippen molar-refractivity contribution in [2.24, 2.45) is 0 Å². The van der Waals surface area contributed by atoms with Crippen molar-refractivity contribution < 1.29 is 9.90 Å². The molecule has 4 heteroatoms. The molecule has 0 atom stereocenters. The maximum atomic E-state index is 11.0. The second-order valence-corrected chi connectivity index (χ2v) is 4.18. The van der Waals surface area contributed by atoms with Gasteiger partial charge in [0.2, 0.25) is 0 Å². The number of nitrogens with zero attached hydrogens (tertiary/aromatic N) is 2. The van der Waals surface area contributed by atoms with Crippen LogP contribution in [0.3, 0.4) is 0 Å². The van der Waals surface area contributed by atoms with E-state index in [1.807, 2.05) is 24.3 Å². The van der Waals surface area contributed by atoms with Crippen LogP contribution in [0.2, 0.25) is 0 Å². The van der Waals surface area contributed by atoms with Crippen molar-refractivity contribution in [2.75, 3.05) is 0 Å². The van der Waals surface area contributed by atoms with E-state index in [4.69, 9.17) is 5.11 Å². The third kappa shape index (κ3) is 2.20. The number of carboxylic acids is 1. The topological polar surface area (TPSA) is 55.1 Å². The van der Waals surface area contributed by atoms with Gasteiger partial charge in [0.05, 0.1) is 11.9 Å². The molecule has 0 saturated heterocycles. The Morgan fingerprint density at radius 3 is 2.41 bits per heavy atom. The molecule has 4 nitrogen and oxygen atoms in total. The Hall–Kier alpha value is -2.10. The van der Waals surface area contributed by atoms with Crippen LogP contribution in [-0.2, 0) is 0 Å². The van der Waals surface area contributed by atoms with E-state index < -0.39 is 5.97 Å². The molecule has 0 amide bonds. The quantitative estimate of drug-likeness (QED) is 0.882. The first kappa shape index (κ1) is 11.4. The van der Waals surface area contributed by atoms with Gasteiger partial charge in [-0.2, -0.15) is 5.10 Å². The number of benzene rings is 1. The van der Waals surface area contributed by atoms with Crippen molar-refractivity contribution in [1.29, 1.82) is 0 Å². The van der Waals surface area contributed by atoms with Crippen molar-refractivity contribution >= 4 is 5.97 Å². The molecular weight excluding hydrogens is 216 g/mol. The number of aromatic carboxylic acids is 1. The summed E-state index contributed by atoms with van der Waals surface area (Å²) in [5.41, 5.74) is 2.15. The minimum atomic E-state index is -0.976. The van der Waals surface area contributed by atoms with E-state index in [0.29, 0.717) is 5.92 Å². The summed E-state index contributed by atoms with van der Waals surface area (Å²) in [5.74, 6) is -0.518. The lowest BCUT2D eigenvalue weighted by Gasteiger charge is -2.08. The smallest absolute Gasteiger partial charge is 0.354 e. The summed E-state index contributed by atoms with van der Waals surface area (Å²) < 4.78 is 1.42. The highest BCUT2D eigenvalue weighted by atomic mass is 16.4. The molecule has 88 valence electrons. The van der Waals surface area contributed by atoms with E-state index >= 15 is 0 Å². The molecule has 2 rings (SSSR count). The fourth-order valence-corrected chi connectivity index (χ4v) is 1.67. The van der Waals surface area contributed by atoms with Crippen molar-refractivity contribution in [3.05, 3.63) is 47.8 Å². The molecule has 1 aromatic carbocycles. The monoisotopic (exact) mass is 230 g/mol. The van der Waals surface area contributed by atoms with Gasteiger partial charge >= 0.3 is 5.97 Å². The van der Waals surface area contributed by atoms with E-state index in [1.165, 1.54) is 22.5 Å². The lowest BCUT2D eigenvalue weighted by Crippen LogP contribution is -2.07. The van der Waals surface area contributed by atoms with Gasteiger partial charge in [-0.3, -0.25) is 0 Å². The Balaban J connectivity index is 2.40. The predicted octanol–water partition coefficient (Wildman–Crippen LogP) is 2.69. The first-order valence-corrected chi connectivity index (χ1v) is 5.47. The molecule has 0 saturated carbocycles. The maximum absolute atomic E-state index is 11.0. The Labute approximate surface area is 99.5 Å². The molecule has 17 heavy (non-hydrogen) atoms. The highest BCUT2D eigenvalue weighted by Gasteiger charge is 2.11. The average Bonchev–Trinajstić information content (AvgIpc) is 2.78. The molecule has 0 aliphatic rings. The fraction of sp³-hybridized carbons (Fsp3) is 0.231. The molecule has 0 fully saturated rings. The molecular formula is C13H14N2O2. The summed E-state index contributed by atoms with van der Waals surface area (Å²) in [6, 6.07) is 9.24.